The zero-order valence-corrected chi connectivity index (χ0v) is 13.9. The number of hydrogen-bond donors (Lipinski definition) is 0. The van der Waals surface area contributed by atoms with Gasteiger partial charge in [0.15, 0.2) is 11.5 Å². The van der Waals surface area contributed by atoms with E-state index < -0.39 is 0 Å². The van der Waals surface area contributed by atoms with Crippen molar-refractivity contribution in [2.75, 3.05) is 21.3 Å². The molecule has 1 atom stereocenters. The zero-order chi connectivity index (χ0) is 16.7. The summed E-state index contributed by atoms with van der Waals surface area (Å²) >= 11 is 0. The van der Waals surface area contributed by atoms with Crippen LogP contribution in [0, 0.1) is 0 Å². The first-order valence-electron chi connectivity index (χ1n) is 7.84. The second-order valence-corrected chi connectivity index (χ2v) is 5.76. The van der Waals surface area contributed by atoms with Crippen molar-refractivity contribution in [2.45, 2.75) is 6.04 Å². The smallest absolute Gasteiger partial charge is 0.172 e. The lowest BCUT2D eigenvalue weighted by molar-refractivity contribution is 0.320. The largest absolute Gasteiger partial charge is 0.494 e. The molecular formula is C20H19NO3. The highest BCUT2D eigenvalue weighted by molar-refractivity contribution is 5.76. The topological polar surface area (TPSA) is 30.9 Å². The molecule has 0 aliphatic carbocycles. The molecule has 4 rings (SSSR count). The molecule has 24 heavy (non-hydrogen) atoms. The molecule has 0 saturated heterocycles. The number of hydrogen-bond acceptors (Lipinski definition) is 4. The standard InChI is InChI=1S/C20H19NO3/c1-22-16-9-8-15-18(20(16)24-3)17(23-2)12-21-11-10-13-6-4-5-7-14(13)19(15)21/h4-12,19H,1-3H3. The first-order chi connectivity index (χ1) is 11.8. The summed E-state index contributed by atoms with van der Waals surface area (Å²) in [5.74, 6) is 2.17. The van der Waals surface area contributed by atoms with E-state index >= 15 is 0 Å². The highest BCUT2D eigenvalue weighted by Gasteiger charge is 2.34. The minimum absolute atomic E-state index is 0.0971. The number of benzene rings is 2. The fraction of sp³-hybridized carbons (Fsp3) is 0.200. The highest BCUT2D eigenvalue weighted by Crippen LogP contribution is 2.48. The van der Waals surface area contributed by atoms with Crippen molar-refractivity contribution in [3.05, 3.63) is 71.1 Å². The number of ether oxygens (including phenoxy) is 3. The van der Waals surface area contributed by atoms with Crippen molar-refractivity contribution < 1.29 is 14.2 Å². The fourth-order valence-corrected chi connectivity index (χ4v) is 3.55. The Bertz CT molecular complexity index is 854. The lowest BCUT2D eigenvalue weighted by Gasteiger charge is -2.38. The summed E-state index contributed by atoms with van der Waals surface area (Å²) in [6.45, 7) is 0. The quantitative estimate of drug-likeness (QED) is 0.854. The zero-order valence-electron chi connectivity index (χ0n) is 13.9. The number of methoxy groups -OCH3 is 3. The van der Waals surface area contributed by atoms with E-state index in [1.165, 1.54) is 11.1 Å². The van der Waals surface area contributed by atoms with Crippen molar-refractivity contribution in [3.8, 4) is 11.5 Å². The maximum Gasteiger partial charge on any atom is 0.172 e. The van der Waals surface area contributed by atoms with Crippen LogP contribution in [0.25, 0.3) is 11.8 Å². The summed E-state index contributed by atoms with van der Waals surface area (Å²) in [5.41, 5.74) is 4.59. The molecule has 2 aromatic rings. The molecule has 0 amide bonds. The van der Waals surface area contributed by atoms with Gasteiger partial charge in [-0.3, -0.25) is 0 Å². The number of fused-ring (bicyclic) bond motifs is 5. The molecule has 0 spiro atoms. The molecule has 4 heteroatoms. The van der Waals surface area contributed by atoms with Gasteiger partial charge in [-0.1, -0.05) is 30.3 Å². The third kappa shape index (κ3) is 1.99. The summed E-state index contributed by atoms with van der Waals surface area (Å²) in [4.78, 5) is 2.18. The van der Waals surface area contributed by atoms with Crippen molar-refractivity contribution in [3.63, 3.8) is 0 Å². The van der Waals surface area contributed by atoms with Crippen LogP contribution in [0.1, 0.15) is 28.3 Å². The maximum absolute atomic E-state index is 5.65. The van der Waals surface area contributed by atoms with E-state index in [2.05, 4.69) is 47.5 Å². The minimum Gasteiger partial charge on any atom is -0.494 e. The Balaban J connectivity index is 2.00. The average molecular weight is 321 g/mol. The van der Waals surface area contributed by atoms with Crippen LogP contribution in [0.5, 0.6) is 11.5 Å². The molecule has 2 aliphatic heterocycles. The van der Waals surface area contributed by atoms with E-state index in [0.717, 1.165) is 16.9 Å². The van der Waals surface area contributed by atoms with Crippen LogP contribution in [0.2, 0.25) is 0 Å². The lowest BCUT2D eigenvalue weighted by Crippen LogP contribution is -2.28. The second kappa shape index (κ2) is 5.64. The first kappa shape index (κ1) is 14.7. The summed E-state index contributed by atoms with van der Waals surface area (Å²) in [6, 6.07) is 12.6. The molecule has 0 radical (unpaired) electrons. The maximum atomic E-state index is 5.65. The van der Waals surface area contributed by atoms with E-state index in [0.29, 0.717) is 11.5 Å². The van der Waals surface area contributed by atoms with Crippen LogP contribution in [-0.4, -0.2) is 26.2 Å². The number of rotatable bonds is 3. The highest BCUT2D eigenvalue weighted by atomic mass is 16.5. The summed E-state index contributed by atoms with van der Waals surface area (Å²) in [7, 11) is 4.98. The second-order valence-electron chi connectivity index (χ2n) is 5.76. The van der Waals surface area contributed by atoms with E-state index in [9.17, 15) is 0 Å². The summed E-state index contributed by atoms with van der Waals surface area (Å²) in [5, 5.41) is 0. The van der Waals surface area contributed by atoms with Gasteiger partial charge in [-0.25, -0.2) is 0 Å². The van der Waals surface area contributed by atoms with Crippen LogP contribution in [0.4, 0.5) is 0 Å². The van der Waals surface area contributed by atoms with Crippen molar-refractivity contribution in [1.82, 2.24) is 4.90 Å². The van der Waals surface area contributed by atoms with Crippen LogP contribution >= 0.6 is 0 Å². The fourth-order valence-electron chi connectivity index (χ4n) is 3.55. The molecule has 1 unspecified atom stereocenters. The van der Waals surface area contributed by atoms with Crippen LogP contribution in [-0.2, 0) is 4.74 Å². The Morgan fingerprint density at radius 1 is 0.875 bits per heavy atom. The van der Waals surface area contributed by atoms with Gasteiger partial charge in [0.1, 0.15) is 5.76 Å². The lowest BCUT2D eigenvalue weighted by atomic mass is 9.85. The monoisotopic (exact) mass is 321 g/mol. The Hall–Kier alpha value is -2.88. The van der Waals surface area contributed by atoms with Gasteiger partial charge in [-0.2, -0.15) is 0 Å². The molecule has 0 bridgehead atoms. The Morgan fingerprint density at radius 3 is 2.46 bits per heavy atom. The Morgan fingerprint density at radius 2 is 1.71 bits per heavy atom. The predicted octanol–water partition coefficient (Wildman–Crippen LogP) is 4.04. The molecule has 4 nitrogen and oxygen atoms in total. The van der Waals surface area contributed by atoms with E-state index in [1.54, 1.807) is 21.3 Å². The summed E-state index contributed by atoms with van der Waals surface area (Å²) in [6.07, 6.45) is 6.23. The van der Waals surface area contributed by atoms with Crippen molar-refractivity contribution >= 4 is 11.8 Å². The van der Waals surface area contributed by atoms with E-state index in [-0.39, 0.29) is 6.04 Å². The van der Waals surface area contributed by atoms with Gasteiger partial charge in [-0.15, -0.1) is 0 Å². The molecule has 0 fully saturated rings. The van der Waals surface area contributed by atoms with Crippen LogP contribution < -0.4 is 9.47 Å². The molecule has 2 aliphatic rings. The van der Waals surface area contributed by atoms with Crippen LogP contribution in [0.15, 0.2) is 48.8 Å². The third-order valence-corrected chi connectivity index (χ3v) is 4.62. The third-order valence-electron chi connectivity index (χ3n) is 4.62. The van der Waals surface area contributed by atoms with Crippen molar-refractivity contribution in [1.29, 1.82) is 0 Å². The van der Waals surface area contributed by atoms with Crippen LogP contribution in [0.3, 0.4) is 0 Å². The van der Waals surface area contributed by atoms with Gasteiger partial charge in [0.25, 0.3) is 0 Å². The normalized spacial score (nSPS) is 17.4. The van der Waals surface area contributed by atoms with Gasteiger partial charge in [-0.05, 0) is 28.8 Å². The SMILES string of the molecule is COC1=CN2C=Cc3ccccc3C2c2ccc(OC)c(OC)c21. The minimum atomic E-state index is 0.0971. The van der Waals surface area contributed by atoms with Gasteiger partial charge in [0.05, 0.1) is 32.9 Å². The molecule has 122 valence electrons. The van der Waals surface area contributed by atoms with Gasteiger partial charge in [0.2, 0.25) is 0 Å². The molecule has 2 aromatic carbocycles. The Labute approximate surface area is 141 Å². The molecular weight excluding hydrogens is 302 g/mol. The van der Waals surface area contributed by atoms with Gasteiger partial charge in [0, 0.05) is 12.4 Å². The van der Waals surface area contributed by atoms with E-state index in [1.807, 2.05) is 12.3 Å². The summed E-state index contributed by atoms with van der Waals surface area (Å²) < 4.78 is 16.8. The Kier molecular flexibility index (Phi) is 3.45. The number of nitrogens with zero attached hydrogens (tertiary/aromatic N) is 1. The average Bonchev–Trinajstić information content (AvgIpc) is 2.65. The van der Waals surface area contributed by atoms with Gasteiger partial charge < -0.3 is 19.1 Å². The molecule has 0 N–H and O–H groups in total. The molecule has 2 heterocycles. The van der Waals surface area contributed by atoms with E-state index in [4.69, 9.17) is 14.2 Å². The first-order valence-corrected chi connectivity index (χ1v) is 7.84. The van der Waals surface area contributed by atoms with Gasteiger partial charge >= 0.3 is 0 Å². The van der Waals surface area contributed by atoms with Crippen molar-refractivity contribution in [2.24, 2.45) is 0 Å². The molecule has 0 aromatic heterocycles. The predicted molar refractivity (Wildman–Crippen MR) is 93.7 cm³/mol. The molecule has 0 saturated carbocycles.